The maximum atomic E-state index is 5.97. The number of pyridine rings is 1. The normalized spacial score (nSPS) is 17.0. The van der Waals surface area contributed by atoms with Crippen LogP contribution in [0.2, 0.25) is 5.02 Å². The second kappa shape index (κ2) is 8.93. The lowest BCUT2D eigenvalue weighted by Gasteiger charge is -2.23. The van der Waals surface area contributed by atoms with Gasteiger partial charge in [0.25, 0.3) is 0 Å². The number of aromatic nitrogens is 1. The molecule has 0 aliphatic carbocycles. The molecule has 0 unspecified atom stereocenters. The summed E-state index contributed by atoms with van der Waals surface area (Å²) in [5.41, 5.74) is 5.54. The highest BCUT2D eigenvalue weighted by atomic mass is 79.9. The van der Waals surface area contributed by atoms with Crippen molar-refractivity contribution in [2.75, 3.05) is 44.2 Å². The molecular formula is C15H24BrClN4. The van der Waals surface area contributed by atoms with E-state index >= 15 is 0 Å². The van der Waals surface area contributed by atoms with Gasteiger partial charge in [0.2, 0.25) is 0 Å². The van der Waals surface area contributed by atoms with Gasteiger partial charge in [-0.3, -0.25) is 0 Å². The first kappa shape index (κ1) is 17.0. The van der Waals surface area contributed by atoms with E-state index in [1.165, 1.54) is 32.4 Å². The van der Waals surface area contributed by atoms with Crippen LogP contribution in [-0.4, -0.2) is 49.2 Å². The molecule has 1 aliphatic heterocycles. The van der Waals surface area contributed by atoms with E-state index in [4.69, 9.17) is 17.3 Å². The minimum Gasteiger partial charge on any atom is -0.354 e. The van der Waals surface area contributed by atoms with Crippen LogP contribution >= 0.6 is 27.5 Å². The van der Waals surface area contributed by atoms with Crippen LogP contribution in [0.3, 0.4) is 0 Å². The molecule has 21 heavy (non-hydrogen) atoms. The van der Waals surface area contributed by atoms with Crippen LogP contribution in [0.1, 0.15) is 25.7 Å². The van der Waals surface area contributed by atoms with Gasteiger partial charge in [0.05, 0.1) is 9.50 Å². The monoisotopic (exact) mass is 374 g/mol. The van der Waals surface area contributed by atoms with Crippen molar-refractivity contribution in [2.45, 2.75) is 25.7 Å². The Kier molecular flexibility index (Phi) is 7.23. The molecule has 1 aliphatic rings. The summed E-state index contributed by atoms with van der Waals surface area (Å²) in [5, 5.41) is 0.668. The third-order valence-electron chi connectivity index (χ3n) is 3.85. The molecule has 2 heterocycles. The summed E-state index contributed by atoms with van der Waals surface area (Å²) in [4.78, 5) is 9.37. The van der Waals surface area contributed by atoms with Crippen LogP contribution in [0.15, 0.2) is 16.7 Å². The van der Waals surface area contributed by atoms with Gasteiger partial charge in [0.15, 0.2) is 0 Å². The standard InChI is InChI=1S/C15H24BrClN4/c16-14-11-13(17)12-19-15(14)21-8-4-7-20(9-10-21)6-3-1-2-5-18/h11-12H,1-10,18H2. The highest BCUT2D eigenvalue weighted by Crippen LogP contribution is 2.27. The molecule has 1 saturated heterocycles. The van der Waals surface area contributed by atoms with E-state index in [9.17, 15) is 0 Å². The maximum Gasteiger partial charge on any atom is 0.143 e. The molecule has 0 aromatic carbocycles. The average Bonchev–Trinajstić information content (AvgIpc) is 2.69. The van der Waals surface area contributed by atoms with Crippen molar-refractivity contribution >= 4 is 33.3 Å². The summed E-state index contributed by atoms with van der Waals surface area (Å²) >= 11 is 9.53. The van der Waals surface area contributed by atoms with Gasteiger partial charge < -0.3 is 15.5 Å². The number of unbranched alkanes of at least 4 members (excludes halogenated alkanes) is 2. The molecule has 0 atom stereocenters. The van der Waals surface area contributed by atoms with Crippen LogP contribution < -0.4 is 10.6 Å². The molecule has 0 radical (unpaired) electrons. The molecule has 4 nitrogen and oxygen atoms in total. The van der Waals surface area contributed by atoms with Crippen molar-refractivity contribution in [3.05, 3.63) is 21.8 Å². The van der Waals surface area contributed by atoms with Crippen molar-refractivity contribution in [1.82, 2.24) is 9.88 Å². The zero-order chi connectivity index (χ0) is 15.1. The zero-order valence-electron chi connectivity index (χ0n) is 12.4. The van der Waals surface area contributed by atoms with E-state index in [-0.39, 0.29) is 0 Å². The first-order chi connectivity index (χ1) is 10.2. The van der Waals surface area contributed by atoms with Crippen LogP contribution in [0.25, 0.3) is 0 Å². The molecule has 6 heteroatoms. The number of hydrogen-bond donors (Lipinski definition) is 1. The molecule has 1 fully saturated rings. The van der Waals surface area contributed by atoms with Crippen molar-refractivity contribution < 1.29 is 0 Å². The number of nitrogens with two attached hydrogens (primary N) is 1. The Balaban J connectivity index is 1.85. The van der Waals surface area contributed by atoms with Crippen LogP contribution in [-0.2, 0) is 0 Å². The summed E-state index contributed by atoms with van der Waals surface area (Å²) in [6.45, 7) is 6.33. The molecule has 1 aromatic heterocycles. The van der Waals surface area contributed by atoms with Gasteiger partial charge >= 0.3 is 0 Å². The summed E-state index contributed by atoms with van der Waals surface area (Å²) < 4.78 is 0.978. The number of halogens is 2. The largest absolute Gasteiger partial charge is 0.354 e. The zero-order valence-corrected chi connectivity index (χ0v) is 14.7. The SMILES string of the molecule is NCCCCCN1CCCN(c2ncc(Cl)cc2Br)CC1. The lowest BCUT2D eigenvalue weighted by atomic mass is 10.2. The topological polar surface area (TPSA) is 45.4 Å². The fraction of sp³-hybridized carbons (Fsp3) is 0.667. The first-order valence-corrected chi connectivity index (χ1v) is 8.86. The maximum absolute atomic E-state index is 5.97. The van der Waals surface area contributed by atoms with Gasteiger partial charge in [0.1, 0.15) is 5.82 Å². The minimum atomic E-state index is 0.668. The Hall–Kier alpha value is -0.360. The third kappa shape index (κ3) is 5.40. The predicted molar refractivity (Wildman–Crippen MR) is 93.1 cm³/mol. The van der Waals surface area contributed by atoms with Gasteiger partial charge in [-0.2, -0.15) is 0 Å². The molecule has 0 saturated carbocycles. The highest BCUT2D eigenvalue weighted by Gasteiger charge is 2.17. The van der Waals surface area contributed by atoms with Crippen molar-refractivity contribution in [2.24, 2.45) is 5.73 Å². The van der Waals surface area contributed by atoms with Crippen molar-refractivity contribution in [3.63, 3.8) is 0 Å². The lowest BCUT2D eigenvalue weighted by Crippen LogP contribution is -2.32. The molecule has 2 rings (SSSR count). The first-order valence-electron chi connectivity index (χ1n) is 7.69. The van der Waals surface area contributed by atoms with Gasteiger partial charge in [0, 0.05) is 25.8 Å². The fourth-order valence-corrected chi connectivity index (χ4v) is 3.59. The quantitative estimate of drug-likeness (QED) is 0.776. The van der Waals surface area contributed by atoms with E-state index in [2.05, 4.69) is 30.7 Å². The van der Waals surface area contributed by atoms with Gasteiger partial charge in [-0.1, -0.05) is 18.0 Å². The molecule has 1 aromatic rings. The summed E-state index contributed by atoms with van der Waals surface area (Å²) in [5.74, 6) is 1.00. The molecular weight excluding hydrogens is 352 g/mol. The van der Waals surface area contributed by atoms with E-state index in [1.54, 1.807) is 6.20 Å². The fourth-order valence-electron chi connectivity index (χ4n) is 2.70. The van der Waals surface area contributed by atoms with Crippen LogP contribution in [0, 0.1) is 0 Å². The number of hydrogen-bond acceptors (Lipinski definition) is 4. The average molecular weight is 376 g/mol. The highest BCUT2D eigenvalue weighted by molar-refractivity contribution is 9.10. The van der Waals surface area contributed by atoms with Gasteiger partial charge in [-0.05, 0) is 60.9 Å². The number of anilines is 1. The second-order valence-corrected chi connectivity index (χ2v) is 6.78. The molecule has 118 valence electrons. The predicted octanol–water partition coefficient (Wildman–Crippen LogP) is 3.14. The Bertz CT molecular complexity index is 444. The van der Waals surface area contributed by atoms with E-state index < -0.39 is 0 Å². The van der Waals surface area contributed by atoms with E-state index in [0.29, 0.717) is 5.02 Å². The van der Waals surface area contributed by atoms with Gasteiger partial charge in [-0.15, -0.1) is 0 Å². The van der Waals surface area contributed by atoms with E-state index in [1.807, 2.05) is 6.07 Å². The molecule has 0 bridgehead atoms. The number of nitrogens with zero attached hydrogens (tertiary/aromatic N) is 3. The lowest BCUT2D eigenvalue weighted by molar-refractivity contribution is 0.286. The van der Waals surface area contributed by atoms with Crippen molar-refractivity contribution in [3.8, 4) is 0 Å². The minimum absolute atomic E-state index is 0.668. The Morgan fingerprint density at radius 3 is 2.81 bits per heavy atom. The smallest absolute Gasteiger partial charge is 0.143 e. The van der Waals surface area contributed by atoms with Crippen molar-refractivity contribution in [1.29, 1.82) is 0 Å². The number of rotatable bonds is 6. The molecule has 0 spiro atoms. The Labute approximate surface area is 140 Å². The Morgan fingerprint density at radius 1 is 1.19 bits per heavy atom. The van der Waals surface area contributed by atoms with Crippen LogP contribution in [0.5, 0.6) is 0 Å². The summed E-state index contributed by atoms with van der Waals surface area (Å²) in [7, 11) is 0. The van der Waals surface area contributed by atoms with Gasteiger partial charge in [-0.25, -0.2) is 4.98 Å². The Morgan fingerprint density at radius 2 is 2.05 bits per heavy atom. The summed E-state index contributed by atoms with van der Waals surface area (Å²) in [6.07, 6.45) is 6.52. The molecule has 0 amide bonds. The van der Waals surface area contributed by atoms with E-state index in [0.717, 1.165) is 42.9 Å². The second-order valence-electron chi connectivity index (χ2n) is 5.49. The van der Waals surface area contributed by atoms with Crippen LogP contribution in [0.4, 0.5) is 5.82 Å². The molecule has 2 N–H and O–H groups in total. The summed E-state index contributed by atoms with van der Waals surface area (Å²) in [6, 6.07) is 1.92. The third-order valence-corrected chi connectivity index (χ3v) is 4.65.